The molecule has 0 aliphatic rings. The van der Waals surface area contributed by atoms with E-state index in [0.717, 1.165) is 9.26 Å². The van der Waals surface area contributed by atoms with Crippen LogP contribution in [0.4, 0.5) is 5.69 Å². The van der Waals surface area contributed by atoms with E-state index >= 15 is 0 Å². The number of halogens is 1. The molecule has 0 aliphatic heterocycles. The van der Waals surface area contributed by atoms with Crippen molar-refractivity contribution in [1.29, 1.82) is 0 Å². The molecule has 0 amide bonds. The van der Waals surface area contributed by atoms with E-state index in [4.69, 9.17) is 0 Å². The van der Waals surface area contributed by atoms with Gasteiger partial charge in [0.25, 0.3) is 0 Å². The van der Waals surface area contributed by atoms with E-state index in [9.17, 15) is 8.42 Å². The van der Waals surface area contributed by atoms with Gasteiger partial charge in [0, 0.05) is 22.6 Å². The lowest BCUT2D eigenvalue weighted by Crippen LogP contribution is -2.14. The van der Waals surface area contributed by atoms with E-state index in [1.54, 1.807) is 12.4 Å². The van der Waals surface area contributed by atoms with E-state index in [1.807, 2.05) is 6.07 Å². The number of nitrogens with zero attached hydrogens (tertiary/aromatic N) is 1. The molecule has 0 spiro atoms. The summed E-state index contributed by atoms with van der Waals surface area (Å²) in [5.74, 6) is 0.137. The molecule has 0 saturated carbocycles. The van der Waals surface area contributed by atoms with Crippen molar-refractivity contribution in [2.24, 2.45) is 0 Å². The third-order valence-electron chi connectivity index (χ3n) is 1.56. The average Bonchev–Trinajstić information content (AvgIpc) is 2.06. The van der Waals surface area contributed by atoms with Gasteiger partial charge in [0.2, 0.25) is 0 Å². The predicted molar refractivity (Wildman–Crippen MR) is 65.2 cm³/mol. The van der Waals surface area contributed by atoms with E-state index < -0.39 is 9.84 Å². The SMILES string of the molecule is CS(=O)(=O)CCNc1cnccc1I. The van der Waals surface area contributed by atoms with Crippen LogP contribution in [-0.2, 0) is 9.84 Å². The van der Waals surface area contributed by atoms with E-state index in [2.05, 4.69) is 32.9 Å². The fourth-order valence-corrected chi connectivity index (χ4v) is 1.84. The Morgan fingerprint density at radius 1 is 1.57 bits per heavy atom. The smallest absolute Gasteiger partial charge is 0.149 e. The molecule has 0 aromatic carbocycles. The first-order valence-corrected chi connectivity index (χ1v) is 7.14. The third-order valence-corrected chi connectivity index (χ3v) is 3.44. The standard InChI is InChI=1S/C8H11IN2O2S/c1-14(12,13)5-4-11-8-6-10-3-2-7(8)9/h2-3,6,11H,4-5H2,1H3. The first-order valence-electron chi connectivity index (χ1n) is 4.00. The highest BCUT2D eigenvalue weighted by atomic mass is 127. The number of hydrogen-bond acceptors (Lipinski definition) is 4. The minimum absolute atomic E-state index is 0.137. The van der Waals surface area contributed by atoms with E-state index in [1.165, 1.54) is 6.26 Å². The summed E-state index contributed by atoms with van der Waals surface area (Å²) in [6.07, 6.45) is 4.61. The largest absolute Gasteiger partial charge is 0.382 e. The summed E-state index contributed by atoms with van der Waals surface area (Å²) in [4.78, 5) is 3.94. The van der Waals surface area contributed by atoms with Crippen LogP contribution in [0.5, 0.6) is 0 Å². The van der Waals surface area contributed by atoms with Crippen LogP contribution in [0.15, 0.2) is 18.5 Å². The molecule has 1 aromatic heterocycles. The molecule has 0 fully saturated rings. The van der Waals surface area contributed by atoms with Crippen molar-refractivity contribution in [2.45, 2.75) is 0 Å². The quantitative estimate of drug-likeness (QED) is 0.843. The molecule has 6 heteroatoms. The van der Waals surface area contributed by atoms with Crippen molar-refractivity contribution in [2.75, 3.05) is 23.9 Å². The van der Waals surface area contributed by atoms with E-state index in [0.29, 0.717) is 6.54 Å². The Morgan fingerprint density at radius 2 is 2.29 bits per heavy atom. The molecule has 0 atom stereocenters. The van der Waals surface area contributed by atoms with Gasteiger partial charge < -0.3 is 5.32 Å². The van der Waals surface area contributed by atoms with Crippen LogP contribution in [0.2, 0.25) is 0 Å². The number of sulfone groups is 1. The van der Waals surface area contributed by atoms with Gasteiger partial charge in [0.15, 0.2) is 0 Å². The highest BCUT2D eigenvalue weighted by Gasteiger charge is 2.02. The number of nitrogens with one attached hydrogen (secondary N) is 1. The first kappa shape index (κ1) is 11.7. The van der Waals surface area contributed by atoms with Crippen molar-refractivity contribution < 1.29 is 8.42 Å². The van der Waals surface area contributed by atoms with Crippen LogP contribution >= 0.6 is 22.6 Å². The third kappa shape index (κ3) is 4.23. The lowest BCUT2D eigenvalue weighted by atomic mass is 10.4. The first-order chi connectivity index (χ1) is 6.49. The van der Waals surface area contributed by atoms with Gasteiger partial charge in [-0.25, -0.2) is 8.42 Å². The van der Waals surface area contributed by atoms with Crippen molar-refractivity contribution in [3.8, 4) is 0 Å². The van der Waals surface area contributed by atoms with Crippen molar-refractivity contribution >= 4 is 38.1 Å². The van der Waals surface area contributed by atoms with Gasteiger partial charge in [-0.15, -0.1) is 0 Å². The maximum Gasteiger partial charge on any atom is 0.149 e. The zero-order valence-electron chi connectivity index (χ0n) is 7.70. The summed E-state index contributed by atoms with van der Waals surface area (Å²) in [7, 11) is -2.89. The maximum absolute atomic E-state index is 10.8. The summed E-state index contributed by atoms with van der Waals surface area (Å²) in [5, 5.41) is 3.02. The number of pyridine rings is 1. The van der Waals surface area contributed by atoms with Crippen LogP contribution in [-0.4, -0.2) is 32.0 Å². The molecule has 0 unspecified atom stereocenters. The minimum atomic E-state index is -2.89. The van der Waals surface area contributed by atoms with Gasteiger partial charge in [-0.3, -0.25) is 4.98 Å². The van der Waals surface area contributed by atoms with Crippen LogP contribution in [0.25, 0.3) is 0 Å². The second-order valence-corrected chi connectivity index (χ2v) is 6.33. The van der Waals surface area contributed by atoms with Crippen molar-refractivity contribution in [3.05, 3.63) is 22.0 Å². The van der Waals surface area contributed by atoms with Crippen LogP contribution in [0.1, 0.15) is 0 Å². The molecule has 1 aromatic rings. The van der Waals surface area contributed by atoms with Crippen molar-refractivity contribution in [3.63, 3.8) is 0 Å². The zero-order chi connectivity index (χ0) is 10.6. The normalized spacial score (nSPS) is 11.3. The van der Waals surface area contributed by atoms with Gasteiger partial charge in [0.05, 0.1) is 17.6 Å². The topological polar surface area (TPSA) is 59.1 Å². The highest BCUT2D eigenvalue weighted by Crippen LogP contribution is 2.14. The fourth-order valence-electron chi connectivity index (χ4n) is 0.879. The molecule has 78 valence electrons. The molecule has 0 bridgehead atoms. The Labute approximate surface area is 97.2 Å². The summed E-state index contributed by atoms with van der Waals surface area (Å²) < 4.78 is 22.7. The number of aromatic nitrogens is 1. The second-order valence-electron chi connectivity index (χ2n) is 2.91. The van der Waals surface area contributed by atoms with Crippen LogP contribution in [0, 0.1) is 3.57 Å². The molecule has 1 N–H and O–H groups in total. The molecule has 1 rings (SSSR count). The lowest BCUT2D eigenvalue weighted by molar-refractivity contribution is 0.602. The number of hydrogen-bond donors (Lipinski definition) is 1. The Hall–Kier alpha value is -0.370. The Kier molecular flexibility index (Phi) is 4.11. The minimum Gasteiger partial charge on any atom is -0.382 e. The van der Waals surface area contributed by atoms with Gasteiger partial charge >= 0.3 is 0 Å². The second kappa shape index (κ2) is 4.92. The predicted octanol–water partition coefficient (Wildman–Crippen LogP) is 1.14. The maximum atomic E-state index is 10.8. The highest BCUT2D eigenvalue weighted by molar-refractivity contribution is 14.1. The fraction of sp³-hybridized carbons (Fsp3) is 0.375. The summed E-state index contributed by atoms with van der Waals surface area (Å²) >= 11 is 2.17. The number of anilines is 1. The molecular weight excluding hydrogens is 315 g/mol. The Morgan fingerprint density at radius 3 is 2.86 bits per heavy atom. The Balaban J connectivity index is 2.51. The molecule has 14 heavy (non-hydrogen) atoms. The van der Waals surface area contributed by atoms with Crippen LogP contribution in [0.3, 0.4) is 0 Å². The van der Waals surface area contributed by atoms with Gasteiger partial charge in [-0.05, 0) is 28.7 Å². The summed E-state index contributed by atoms with van der Waals surface area (Å²) in [6, 6.07) is 1.86. The van der Waals surface area contributed by atoms with Gasteiger partial charge in [-0.1, -0.05) is 0 Å². The van der Waals surface area contributed by atoms with Crippen molar-refractivity contribution in [1.82, 2.24) is 4.98 Å². The molecule has 4 nitrogen and oxygen atoms in total. The van der Waals surface area contributed by atoms with Crippen LogP contribution < -0.4 is 5.32 Å². The van der Waals surface area contributed by atoms with Gasteiger partial charge in [0.1, 0.15) is 9.84 Å². The van der Waals surface area contributed by atoms with E-state index in [-0.39, 0.29) is 5.75 Å². The monoisotopic (exact) mass is 326 g/mol. The molecule has 0 saturated heterocycles. The summed E-state index contributed by atoms with van der Waals surface area (Å²) in [5.41, 5.74) is 0.872. The lowest BCUT2D eigenvalue weighted by Gasteiger charge is -2.06. The Bertz CT molecular complexity index is 406. The summed E-state index contributed by atoms with van der Waals surface area (Å²) in [6.45, 7) is 0.417. The average molecular weight is 326 g/mol. The molecular formula is C8H11IN2O2S. The molecule has 1 heterocycles. The number of rotatable bonds is 4. The molecule has 0 aliphatic carbocycles. The zero-order valence-corrected chi connectivity index (χ0v) is 10.7. The van der Waals surface area contributed by atoms with Gasteiger partial charge in [-0.2, -0.15) is 0 Å². The molecule has 0 radical (unpaired) electrons.